The molecule has 0 aliphatic heterocycles. The number of rotatable bonds is 8. The summed E-state index contributed by atoms with van der Waals surface area (Å²) < 4.78 is 32.9. The normalized spacial score (nSPS) is 14.9. The molecule has 226 valence electrons. The summed E-state index contributed by atoms with van der Waals surface area (Å²) in [4.78, 5) is 37.7. The summed E-state index contributed by atoms with van der Waals surface area (Å²) in [6.45, 7) is 10.3. The fourth-order valence-electron chi connectivity index (χ4n) is 4.97. The zero-order valence-corrected chi connectivity index (χ0v) is 25.2. The first-order chi connectivity index (χ1) is 19.7. The van der Waals surface area contributed by atoms with Crippen LogP contribution >= 0.6 is 0 Å². The molecule has 1 heterocycles. The predicted octanol–water partition coefficient (Wildman–Crippen LogP) is 6.88. The molecule has 1 saturated carbocycles. The Morgan fingerprint density at radius 2 is 1.62 bits per heavy atom. The Hall–Kier alpha value is -3.95. The van der Waals surface area contributed by atoms with Gasteiger partial charge in [0.05, 0.1) is 6.04 Å². The topological polar surface area (TPSA) is 109 Å². The molecule has 9 nitrogen and oxygen atoms in total. The van der Waals surface area contributed by atoms with Crippen molar-refractivity contribution in [3.63, 3.8) is 0 Å². The van der Waals surface area contributed by atoms with Crippen molar-refractivity contribution in [1.29, 1.82) is 0 Å². The average Bonchev–Trinajstić information content (AvgIpc) is 3.54. The molecule has 3 aromatic rings. The molecule has 1 amide bonds. The highest BCUT2D eigenvalue weighted by molar-refractivity contribution is 5.94. The van der Waals surface area contributed by atoms with Gasteiger partial charge in [0.1, 0.15) is 40.0 Å². The minimum atomic E-state index is -1.10. The van der Waals surface area contributed by atoms with E-state index in [2.05, 4.69) is 5.32 Å². The Morgan fingerprint density at radius 1 is 0.976 bits per heavy atom. The maximum atomic E-state index is 14.9. The molecule has 1 aromatic heterocycles. The Morgan fingerprint density at radius 3 is 2.24 bits per heavy atom. The number of ether oxygens (including phenoxy) is 3. The third-order valence-electron chi connectivity index (χ3n) is 6.73. The maximum Gasteiger partial charge on any atom is 0.408 e. The number of carbonyl (C=O) groups is 3. The van der Waals surface area contributed by atoms with Gasteiger partial charge >= 0.3 is 18.0 Å². The molecule has 1 fully saturated rings. The first kappa shape index (κ1) is 31.0. The van der Waals surface area contributed by atoms with Crippen LogP contribution in [0.2, 0.25) is 0 Å². The fourth-order valence-corrected chi connectivity index (χ4v) is 4.97. The number of alkyl carbamates (subject to hydrolysis) is 1. The van der Waals surface area contributed by atoms with Crippen LogP contribution in [-0.4, -0.2) is 45.1 Å². The second-order valence-electron chi connectivity index (χ2n) is 12.6. The number of carbonyl (C=O) groups excluding carboxylic acids is 3. The molecule has 0 unspecified atom stereocenters. The van der Waals surface area contributed by atoms with Gasteiger partial charge in [-0.2, -0.15) is 5.10 Å². The van der Waals surface area contributed by atoms with Crippen LogP contribution in [0.25, 0.3) is 22.2 Å². The van der Waals surface area contributed by atoms with Gasteiger partial charge in [-0.05, 0) is 91.1 Å². The lowest BCUT2D eigenvalue weighted by atomic mass is 10.1. The van der Waals surface area contributed by atoms with E-state index in [-0.39, 0.29) is 24.7 Å². The largest absolute Gasteiger partial charge is 0.458 e. The Bertz CT molecular complexity index is 1430. The molecule has 1 atom stereocenters. The van der Waals surface area contributed by atoms with Crippen molar-refractivity contribution in [3.8, 4) is 17.0 Å². The highest BCUT2D eigenvalue weighted by Crippen LogP contribution is 2.37. The number of amides is 1. The van der Waals surface area contributed by atoms with E-state index < -0.39 is 35.3 Å². The first-order valence-corrected chi connectivity index (χ1v) is 14.4. The molecule has 0 spiro atoms. The van der Waals surface area contributed by atoms with Crippen molar-refractivity contribution in [1.82, 2.24) is 15.1 Å². The molecule has 42 heavy (non-hydrogen) atoms. The van der Waals surface area contributed by atoms with E-state index in [1.54, 1.807) is 71.9 Å². The molecule has 10 heteroatoms. The lowest BCUT2D eigenvalue weighted by molar-refractivity contribution is -0.157. The van der Waals surface area contributed by atoms with Crippen molar-refractivity contribution in [3.05, 3.63) is 48.3 Å². The summed E-state index contributed by atoms with van der Waals surface area (Å²) in [5, 5.41) is 8.05. The van der Waals surface area contributed by atoms with Crippen LogP contribution in [-0.2, 0) is 19.1 Å². The van der Waals surface area contributed by atoms with Gasteiger partial charge in [-0.25, -0.2) is 14.0 Å². The van der Waals surface area contributed by atoms with Gasteiger partial charge in [0.15, 0.2) is 0 Å². The van der Waals surface area contributed by atoms with Crippen LogP contribution in [0.4, 0.5) is 9.18 Å². The Labute approximate surface area is 245 Å². The van der Waals surface area contributed by atoms with Gasteiger partial charge in [-0.3, -0.25) is 9.48 Å². The lowest BCUT2D eigenvalue weighted by Crippen LogP contribution is -2.46. The third-order valence-corrected chi connectivity index (χ3v) is 6.73. The number of benzene rings is 2. The summed E-state index contributed by atoms with van der Waals surface area (Å²) >= 11 is 0. The molecule has 1 aliphatic carbocycles. The monoisotopic (exact) mass is 581 g/mol. The summed E-state index contributed by atoms with van der Waals surface area (Å²) in [5.74, 6) is -1.25. The van der Waals surface area contributed by atoms with E-state index in [9.17, 15) is 18.8 Å². The van der Waals surface area contributed by atoms with Crippen LogP contribution in [0.1, 0.15) is 86.1 Å². The lowest BCUT2D eigenvalue weighted by Gasteiger charge is -2.26. The number of esters is 2. The second-order valence-corrected chi connectivity index (χ2v) is 12.6. The van der Waals surface area contributed by atoms with E-state index in [4.69, 9.17) is 19.3 Å². The number of hydrogen-bond donors (Lipinski definition) is 1. The fraction of sp³-hybridized carbons (Fsp3) is 0.500. The zero-order chi connectivity index (χ0) is 30.7. The second kappa shape index (κ2) is 12.5. The summed E-state index contributed by atoms with van der Waals surface area (Å²) in [5.41, 5.74) is 0.408. The highest BCUT2D eigenvalue weighted by Gasteiger charge is 2.29. The predicted molar refractivity (Wildman–Crippen MR) is 157 cm³/mol. The van der Waals surface area contributed by atoms with Gasteiger partial charge in [0.2, 0.25) is 0 Å². The smallest absolute Gasteiger partial charge is 0.408 e. The summed E-state index contributed by atoms with van der Waals surface area (Å²) in [6, 6.07) is 10.9. The molecule has 0 saturated heterocycles. The zero-order valence-electron chi connectivity index (χ0n) is 25.2. The van der Waals surface area contributed by atoms with E-state index in [1.165, 1.54) is 6.07 Å². The van der Waals surface area contributed by atoms with E-state index in [1.807, 2.05) is 10.7 Å². The van der Waals surface area contributed by atoms with Crippen LogP contribution in [0.5, 0.6) is 5.75 Å². The minimum Gasteiger partial charge on any atom is -0.458 e. The van der Waals surface area contributed by atoms with Crippen molar-refractivity contribution in [2.24, 2.45) is 0 Å². The number of para-hydroxylation sites is 1. The molecule has 2 aromatic carbocycles. The highest BCUT2D eigenvalue weighted by atomic mass is 19.1. The van der Waals surface area contributed by atoms with E-state index >= 15 is 0 Å². The first-order valence-electron chi connectivity index (χ1n) is 14.4. The summed E-state index contributed by atoms with van der Waals surface area (Å²) in [7, 11) is 0. The number of aromatic nitrogens is 2. The molecule has 1 aliphatic rings. The van der Waals surface area contributed by atoms with Crippen LogP contribution in [0.15, 0.2) is 42.5 Å². The number of halogens is 1. The van der Waals surface area contributed by atoms with Gasteiger partial charge in [0, 0.05) is 17.4 Å². The molecule has 0 radical (unpaired) electrons. The maximum absolute atomic E-state index is 14.9. The average molecular weight is 582 g/mol. The van der Waals surface area contributed by atoms with Gasteiger partial charge in [-0.15, -0.1) is 0 Å². The molecular formula is C32H40FN3O6. The molecule has 0 bridgehead atoms. The van der Waals surface area contributed by atoms with Crippen molar-refractivity contribution < 1.29 is 33.0 Å². The number of hydrogen-bond acceptors (Lipinski definition) is 7. The van der Waals surface area contributed by atoms with E-state index in [0.717, 1.165) is 36.6 Å². The Kier molecular flexibility index (Phi) is 9.23. The quantitative estimate of drug-likeness (QED) is 0.228. The molecule has 1 N–H and O–H groups in total. The van der Waals surface area contributed by atoms with Crippen molar-refractivity contribution in [2.45, 2.75) is 103 Å². The van der Waals surface area contributed by atoms with Crippen LogP contribution in [0, 0.1) is 5.82 Å². The van der Waals surface area contributed by atoms with E-state index in [0.29, 0.717) is 17.0 Å². The number of nitrogens with zero attached hydrogens (tertiary/aromatic N) is 2. The Balaban J connectivity index is 1.43. The number of fused-ring (bicyclic) bond motifs is 1. The van der Waals surface area contributed by atoms with Gasteiger partial charge in [-0.1, -0.05) is 25.0 Å². The SMILES string of the molecule is CC(C)(C)OC(=O)N[C@H](CCC(=O)Oc1ccc(-c2nn(C3CCCC3)c3c(F)cccc23)cc1)C(=O)OC(C)(C)C. The van der Waals surface area contributed by atoms with Crippen LogP contribution < -0.4 is 10.1 Å². The third kappa shape index (κ3) is 8.08. The van der Waals surface area contributed by atoms with Gasteiger partial charge < -0.3 is 19.5 Å². The van der Waals surface area contributed by atoms with Crippen molar-refractivity contribution >= 4 is 28.9 Å². The molecular weight excluding hydrogens is 541 g/mol. The van der Waals surface area contributed by atoms with Gasteiger partial charge in [0.25, 0.3) is 0 Å². The minimum absolute atomic E-state index is 0.0404. The van der Waals surface area contributed by atoms with Crippen molar-refractivity contribution in [2.75, 3.05) is 0 Å². The van der Waals surface area contributed by atoms with Crippen LogP contribution in [0.3, 0.4) is 0 Å². The standard InChI is InChI=1S/C32H40FN3O6/c1-31(2,3)41-29(38)25(34-30(39)42-32(4,5)6)18-19-26(37)40-22-16-14-20(15-17-22)27-23-12-9-13-24(33)28(23)36(35-27)21-10-7-8-11-21/h9,12-17,21,25H,7-8,10-11,18-19H2,1-6H3,(H,34,39)/t25-/m1/s1. The molecule has 4 rings (SSSR count). The number of nitrogens with one attached hydrogen (secondary N) is 1. The summed E-state index contributed by atoms with van der Waals surface area (Å²) in [6.07, 6.45) is 3.17.